The van der Waals surface area contributed by atoms with Gasteiger partial charge >= 0.3 is 5.97 Å². The highest BCUT2D eigenvalue weighted by Crippen LogP contribution is 2.29. The van der Waals surface area contributed by atoms with Crippen molar-refractivity contribution in [3.63, 3.8) is 0 Å². The Morgan fingerprint density at radius 2 is 1.87 bits per heavy atom. The highest BCUT2D eigenvalue weighted by atomic mass is 16.5. The van der Waals surface area contributed by atoms with Crippen LogP contribution in [-0.4, -0.2) is 48.9 Å². The molecule has 0 saturated carbocycles. The lowest BCUT2D eigenvalue weighted by Crippen LogP contribution is -2.35. The molecule has 1 aromatic heterocycles. The van der Waals surface area contributed by atoms with Crippen molar-refractivity contribution >= 4 is 16.9 Å². The van der Waals surface area contributed by atoms with Gasteiger partial charge in [0.05, 0.1) is 36.3 Å². The molecular formula is C23H23NO7. The zero-order chi connectivity index (χ0) is 21.8. The topological polar surface area (TPSA) is 98.4 Å². The number of carbonyl (C=O) groups excluding carboxylic acids is 1. The summed E-state index contributed by atoms with van der Waals surface area (Å²) in [5.41, 5.74) is 0.935. The predicted octanol–water partition coefficient (Wildman–Crippen LogP) is 3.30. The lowest BCUT2D eigenvalue weighted by atomic mass is 10.1. The second kappa shape index (κ2) is 9.20. The fourth-order valence-electron chi connectivity index (χ4n) is 3.44. The van der Waals surface area contributed by atoms with Gasteiger partial charge in [-0.2, -0.15) is 0 Å². The molecule has 1 fully saturated rings. The van der Waals surface area contributed by atoms with Crippen LogP contribution in [0.25, 0.3) is 11.0 Å². The summed E-state index contributed by atoms with van der Waals surface area (Å²) < 4.78 is 21.7. The quantitative estimate of drug-likeness (QED) is 0.601. The number of esters is 1. The van der Waals surface area contributed by atoms with Gasteiger partial charge in [0.25, 0.3) is 0 Å². The standard InChI is InChI=1S/C23H23NO7/c1-2-29-23(27)15-3-5-16(6-4-15)31-20-14-30-22-17(21(20)26)7-8-19(25)18(22)13-24-9-11-28-12-10-24/h3-8,14,25H,2,9-13H2,1H3. The Kier molecular flexibility index (Phi) is 6.20. The number of phenolic OH excluding ortho intramolecular Hbond substituents is 1. The molecule has 0 amide bonds. The van der Waals surface area contributed by atoms with E-state index in [1.165, 1.54) is 18.4 Å². The van der Waals surface area contributed by atoms with E-state index < -0.39 is 5.97 Å². The minimum Gasteiger partial charge on any atom is -0.507 e. The van der Waals surface area contributed by atoms with Gasteiger partial charge < -0.3 is 23.7 Å². The third-order valence-electron chi connectivity index (χ3n) is 5.07. The summed E-state index contributed by atoms with van der Waals surface area (Å²) >= 11 is 0. The summed E-state index contributed by atoms with van der Waals surface area (Å²) in [5, 5.41) is 10.7. The minimum atomic E-state index is -0.424. The number of aromatic hydroxyl groups is 1. The number of ether oxygens (including phenoxy) is 3. The van der Waals surface area contributed by atoms with Gasteiger partial charge in [-0.3, -0.25) is 9.69 Å². The molecule has 0 spiro atoms. The normalized spacial score (nSPS) is 14.5. The number of fused-ring (bicyclic) bond motifs is 1. The number of morpholine rings is 1. The summed E-state index contributed by atoms with van der Waals surface area (Å²) in [6.07, 6.45) is 1.24. The maximum atomic E-state index is 13.0. The summed E-state index contributed by atoms with van der Waals surface area (Å²) in [5.74, 6) is 0.0450. The molecule has 1 N–H and O–H groups in total. The van der Waals surface area contributed by atoms with Gasteiger partial charge in [-0.1, -0.05) is 0 Å². The van der Waals surface area contributed by atoms with Crippen molar-refractivity contribution in [3.8, 4) is 17.2 Å². The van der Waals surface area contributed by atoms with E-state index in [0.29, 0.717) is 47.6 Å². The van der Waals surface area contributed by atoms with Crippen molar-refractivity contribution in [1.29, 1.82) is 0 Å². The largest absolute Gasteiger partial charge is 0.507 e. The zero-order valence-corrected chi connectivity index (χ0v) is 17.1. The van der Waals surface area contributed by atoms with E-state index in [1.54, 1.807) is 31.2 Å². The number of hydrogen-bond donors (Lipinski definition) is 1. The van der Waals surface area contributed by atoms with Crippen molar-refractivity contribution in [3.05, 3.63) is 64.0 Å². The van der Waals surface area contributed by atoms with Crippen LogP contribution in [0.1, 0.15) is 22.8 Å². The van der Waals surface area contributed by atoms with Crippen molar-refractivity contribution in [2.75, 3.05) is 32.9 Å². The van der Waals surface area contributed by atoms with Gasteiger partial charge in [-0.25, -0.2) is 4.79 Å². The van der Waals surface area contributed by atoms with Crippen molar-refractivity contribution in [2.24, 2.45) is 0 Å². The molecule has 31 heavy (non-hydrogen) atoms. The lowest BCUT2D eigenvalue weighted by Gasteiger charge is -2.26. The SMILES string of the molecule is CCOC(=O)c1ccc(Oc2coc3c(CN4CCOCC4)c(O)ccc3c2=O)cc1. The molecule has 0 unspecified atom stereocenters. The molecule has 162 valence electrons. The average molecular weight is 425 g/mol. The smallest absolute Gasteiger partial charge is 0.338 e. The van der Waals surface area contributed by atoms with Crippen molar-refractivity contribution in [2.45, 2.75) is 13.5 Å². The fourth-order valence-corrected chi connectivity index (χ4v) is 3.44. The van der Waals surface area contributed by atoms with E-state index >= 15 is 0 Å². The molecule has 1 aliphatic rings. The Morgan fingerprint density at radius 1 is 1.13 bits per heavy atom. The van der Waals surface area contributed by atoms with E-state index in [2.05, 4.69) is 4.90 Å². The molecule has 2 aromatic carbocycles. The second-order valence-electron chi connectivity index (χ2n) is 7.10. The molecule has 8 heteroatoms. The van der Waals surface area contributed by atoms with Gasteiger partial charge in [0.1, 0.15) is 23.3 Å². The van der Waals surface area contributed by atoms with Crippen molar-refractivity contribution in [1.82, 2.24) is 4.90 Å². The third kappa shape index (κ3) is 4.55. The molecule has 0 bridgehead atoms. The second-order valence-corrected chi connectivity index (χ2v) is 7.10. The first-order valence-corrected chi connectivity index (χ1v) is 10.1. The van der Waals surface area contributed by atoms with E-state index in [4.69, 9.17) is 18.6 Å². The zero-order valence-electron chi connectivity index (χ0n) is 17.1. The average Bonchev–Trinajstić information content (AvgIpc) is 2.79. The van der Waals surface area contributed by atoms with Crippen LogP contribution in [-0.2, 0) is 16.0 Å². The maximum absolute atomic E-state index is 13.0. The third-order valence-corrected chi connectivity index (χ3v) is 5.07. The monoisotopic (exact) mass is 425 g/mol. The summed E-state index contributed by atoms with van der Waals surface area (Å²) in [6.45, 7) is 5.21. The van der Waals surface area contributed by atoms with Gasteiger partial charge in [0.15, 0.2) is 0 Å². The van der Waals surface area contributed by atoms with Crippen LogP contribution in [0.5, 0.6) is 17.2 Å². The number of nitrogens with zero attached hydrogens (tertiary/aromatic N) is 1. The highest BCUT2D eigenvalue weighted by molar-refractivity contribution is 5.89. The molecule has 2 heterocycles. The summed E-state index contributed by atoms with van der Waals surface area (Å²) in [4.78, 5) is 26.9. The molecule has 8 nitrogen and oxygen atoms in total. The van der Waals surface area contributed by atoms with E-state index in [0.717, 1.165) is 13.1 Å². The Hall–Kier alpha value is -3.36. The lowest BCUT2D eigenvalue weighted by molar-refractivity contribution is 0.0339. The molecule has 0 aliphatic carbocycles. The first-order valence-electron chi connectivity index (χ1n) is 10.1. The van der Waals surface area contributed by atoms with E-state index in [9.17, 15) is 14.7 Å². The van der Waals surface area contributed by atoms with Crippen LogP contribution < -0.4 is 10.2 Å². The Balaban J connectivity index is 1.60. The molecular weight excluding hydrogens is 402 g/mol. The number of carbonyl (C=O) groups is 1. The molecule has 0 atom stereocenters. The summed E-state index contributed by atoms with van der Waals surface area (Å²) in [7, 11) is 0. The Morgan fingerprint density at radius 3 is 2.58 bits per heavy atom. The highest BCUT2D eigenvalue weighted by Gasteiger charge is 2.19. The van der Waals surface area contributed by atoms with Crippen LogP contribution in [0.2, 0.25) is 0 Å². The number of hydrogen-bond acceptors (Lipinski definition) is 8. The number of benzene rings is 2. The summed E-state index contributed by atoms with van der Waals surface area (Å²) in [6, 6.07) is 9.30. The number of rotatable bonds is 6. The maximum Gasteiger partial charge on any atom is 0.338 e. The van der Waals surface area contributed by atoms with Gasteiger partial charge in [0, 0.05) is 19.6 Å². The first-order chi connectivity index (χ1) is 15.1. The number of phenols is 1. The fraction of sp³-hybridized carbons (Fsp3) is 0.304. The molecule has 1 saturated heterocycles. The van der Waals surface area contributed by atoms with Gasteiger partial charge in [-0.15, -0.1) is 0 Å². The molecule has 4 rings (SSSR count). The molecule has 3 aromatic rings. The van der Waals surface area contributed by atoms with Crippen LogP contribution in [0.4, 0.5) is 0 Å². The van der Waals surface area contributed by atoms with E-state index in [1.807, 2.05) is 0 Å². The van der Waals surface area contributed by atoms with Crippen LogP contribution >= 0.6 is 0 Å². The minimum absolute atomic E-state index is 0.0133. The van der Waals surface area contributed by atoms with E-state index in [-0.39, 0.29) is 23.5 Å². The first kappa shape index (κ1) is 20.9. The van der Waals surface area contributed by atoms with Crippen LogP contribution in [0.15, 0.2) is 51.9 Å². The molecule has 1 aliphatic heterocycles. The van der Waals surface area contributed by atoms with Crippen LogP contribution in [0.3, 0.4) is 0 Å². The van der Waals surface area contributed by atoms with Crippen LogP contribution in [0, 0.1) is 0 Å². The van der Waals surface area contributed by atoms with Gasteiger partial charge in [0.2, 0.25) is 11.2 Å². The van der Waals surface area contributed by atoms with Gasteiger partial charge in [-0.05, 0) is 43.3 Å². The Labute approximate surface area is 178 Å². The Bertz CT molecular complexity index is 1130. The predicted molar refractivity (Wildman–Crippen MR) is 113 cm³/mol. The van der Waals surface area contributed by atoms with Crippen molar-refractivity contribution < 1.29 is 28.5 Å². The molecule has 0 radical (unpaired) electrons.